The van der Waals surface area contributed by atoms with Gasteiger partial charge in [-0.25, -0.2) is 0 Å². The summed E-state index contributed by atoms with van der Waals surface area (Å²) in [6.45, 7) is 4.30. The highest BCUT2D eigenvalue weighted by molar-refractivity contribution is 9.10. The third kappa shape index (κ3) is 4.51. The van der Waals surface area contributed by atoms with E-state index in [1.807, 2.05) is 12.1 Å². The van der Waals surface area contributed by atoms with Crippen LogP contribution in [0.4, 0.5) is 6.01 Å². The van der Waals surface area contributed by atoms with Gasteiger partial charge in [0.1, 0.15) is 0 Å². The highest BCUT2D eigenvalue weighted by atomic mass is 79.9. The molecule has 134 valence electrons. The van der Waals surface area contributed by atoms with Crippen LogP contribution in [0.3, 0.4) is 0 Å². The molecule has 1 amide bonds. The van der Waals surface area contributed by atoms with Crippen LogP contribution in [0.15, 0.2) is 51.4 Å². The number of hydrogen-bond acceptors (Lipinski definition) is 4. The standard InChI is InChI=1S/C19H17BrClN3O2/c1-11(2)13-5-3-12(4-6-13)9-17-23-24-19(26-17)22-18(25)15-10-14(20)7-8-16(15)21/h3-8,10-11H,9H2,1-2H3,(H,22,24,25). The SMILES string of the molecule is CC(C)c1ccc(Cc2nnc(NC(=O)c3cc(Br)ccc3Cl)o2)cc1. The normalized spacial score (nSPS) is 11.0. The summed E-state index contributed by atoms with van der Waals surface area (Å²) in [5, 5.41) is 10.8. The summed E-state index contributed by atoms with van der Waals surface area (Å²) in [4.78, 5) is 12.3. The molecule has 0 spiro atoms. The van der Waals surface area contributed by atoms with Crippen molar-refractivity contribution in [3.05, 3.63) is 74.5 Å². The lowest BCUT2D eigenvalue weighted by atomic mass is 10.0. The van der Waals surface area contributed by atoms with E-state index in [9.17, 15) is 4.79 Å². The van der Waals surface area contributed by atoms with Crippen molar-refractivity contribution in [2.45, 2.75) is 26.2 Å². The summed E-state index contributed by atoms with van der Waals surface area (Å²) < 4.78 is 6.27. The van der Waals surface area contributed by atoms with E-state index in [1.165, 1.54) is 5.56 Å². The van der Waals surface area contributed by atoms with Gasteiger partial charge >= 0.3 is 6.01 Å². The molecule has 2 aromatic carbocycles. The molecule has 1 heterocycles. The molecule has 0 aliphatic carbocycles. The van der Waals surface area contributed by atoms with Crippen molar-refractivity contribution in [1.29, 1.82) is 0 Å². The van der Waals surface area contributed by atoms with Gasteiger partial charge in [0.2, 0.25) is 5.89 Å². The smallest absolute Gasteiger partial charge is 0.322 e. The number of nitrogens with one attached hydrogen (secondary N) is 1. The van der Waals surface area contributed by atoms with Crippen molar-refractivity contribution in [3.8, 4) is 0 Å². The summed E-state index contributed by atoms with van der Waals surface area (Å²) in [5.41, 5.74) is 2.66. The van der Waals surface area contributed by atoms with Crippen LogP contribution in [-0.4, -0.2) is 16.1 Å². The molecule has 0 fully saturated rings. The van der Waals surface area contributed by atoms with Gasteiger partial charge in [0, 0.05) is 4.47 Å². The number of carbonyl (C=O) groups excluding carboxylic acids is 1. The third-order valence-electron chi connectivity index (χ3n) is 3.86. The predicted octanol–water partition coefficient (Wildman–Crippen LogP) is 5.45. The number of nitrogens with zero attached hydrogens (tertiary/aromatic N) is 2. The fraction of sp³-hybridized carbons (Fsp3) is 0.211. The quantitative estimate of drug-likeness (QED) is 0.579. The number of aromatic nitrogens is 2. The Hall–Kier alpha value is -2.18. The highest BCUT2D eigenvalue weighted by Gasteiger charge is 2.15. The molecule has 0 aliphatic heterocycles. The van der Waals surface area contributed by atoms with Crippen LogP contribution >= 0.6 is 27.5 Å². The van der Waals surface area contributed by atoms with Crippen LogP contribution in [0.5, 0.6) is 0 Å². The monoisotopic (exact) mass is 433 g/mol. The Balaban J connectivity index is 1.68. The zero-order valence-electron chi connectivity index (χ0n) is 14.3. The van der Waals surface area contributed by atoms with Crippen molar-refractivity contribution >= 4 is 39.5 Å². The number of rotatable bonds is 5. The van der Waals surface area contributed by atoms with Gasteiger partial charge in [0.25, 0.3) is 5.91 Å². The Morgan fingerprint density at radius 2 is 1.92 bits per heavy atom. The summed E-state index contributed by atoms with van der Waals surface area (Å²) in [7, 11) is 0. The molecule has 26 heavy (non-hydrogen) atoms. The topological polar surface area (TPSA) is 68.0 Å². The average Bonchev–Trinajstić information content (AvgIpc) is 3.04. The molecule has 5 nitrogen and oxygen atoms in total. The molecule has 0 atom stereocenters. The van der Waals surface area contributed by atoms with E-state index in [4.69, 9.17) is 16.0 Å². The van der Waals surface area contributed by atoms with Gasteiger partial charge in [-0.2, -0.15) is 0 Å². The van der Waals surface area contributed by atoms with E-state index in [2.05, 4.69) is 57.4 Å². The molecule has 0 unspecified atom stereocenters. The highest BCUT2D eigenvalue weighted by Crippen LogP contribution is 2.22. The first-order valence-electron chi connectivity index (χ1n) is 8.10. The van der Waals surface area contributed by atoms with Crippen molar-refractivity contribution in [3.63, 3.8) is 0 Å². The molecule has 3 aromatic rings. The summed E-state index contributed by atoms with van der Waals surface area (Å²) >= 11 is 9.37. The molecule has 0 aliphatic rings. The molecule has 1 aromatic heterocycles. The van der Waals surface area contributed by atoms with Gasteiger partial charge in [-0.1, -0.05) is 70.7 Å². The fourth-order valence-corrected chi connectivity index (χ4v) is 2.97. The molecule has 7 heteroatoms. The number of carbonyl (C=O) groups is 1. The number of hydrogen-bond donors (Lipinski definition) is 1. The van der Waals surface area contributed by atoms with E-state index in [0.29, 0.717) is 28.8 Å². The molecule has 0 bridgehead atoms. The van der Waals surface area contributed by atoms with Crippen LogP contribution < -0.4 is 5.32 Å². The maximum Gasteiger partial charge on any atom is 0.322 e. The average molecular weight is 435 g/mol. The Kier molecular flexibility index (Phi) is 5.74. The van der Waals surface area contributed by atoms with Crippen LogP contribution in [-0.2, 0) is 6.42 Å². The molecule has 0 saturated carbocycles. The third-order valence-corrected chi connectivity index (χ3v) is 4.68. The largest absolute Gasteiger partial charge is 0.407 e. The summed E-state index contributed by atoms with van der Waals surface area (Å²) in [5.74, 6) is 0.504. The van der Waals surface area contributed by atoms with Gasteiger partial charge in [-0.15, -0.1) is 5.10 Å². The number of amides is 1. The van der Waals surface area contributed by atoms with Gasteiger partial charge in [-0.3, -0.25) is 10.1 Å². The van der Waals surface area contributed by atoms with Crippen molar-refractivity contribution in [2.24, 2.45) is 0 Å². The second kappa shape index (κ2) is 8.01. The van der Waals surface area contributed by atoms with Crippen LogP contribution in [0.2, 0.25) is 5.02 Å². The molecule has 0 saturated heterocycles. The number of benzene rings is 2. The molecule has 0 radical (unpaired) electrons. The molecule has 3 rings (SSSR count). The first kappa shape index (κ1) is 18.6. The first-order valence-corrected chi connectivity index (χ1v) is 9.27. The second-order valence-electron chi connectivity index (χ2n) is 6.15. The minimum absolute atomic E-state index is 0.0415. The predicted molar refractivity (Wildman–Crippen MR) is 105 cm³/mol. The van der Waals surface area contributed by atoms with Gasteiger partial charge < -0.3 is 4.42 Å². The molecule has 1 N–H and O–H groups in total. The zero-order chi connectivity index (χ0) is 18.7. The fourth-order valence-electron chi connectivity index (χ4n) is 2.41. The minimum Gasteiger partial charge on any atom is -0.407 e. The minimum atomic E-state index is -0.409. The Labute approximate surface area is 164 Å². The van der Waals surface area contributed by atoms with Crippen LogP contribution in [0.1, 0.15) is 47.1 Å². The van der Waals surface area contributed by atoms with Crippen molar-refractivity contribution in [2.75, 3.05) is 5.32 Å². The van der Waals surface area contributed by atoms with Crippen molar-refractivity contribution < 1.29 is 9.21 Å². The Morgan fingerprint density at radius 1 is 1.19 bits per heavy atom. The second-order valence-corrected chi connectivity index (χ2v) is 7.48. The molecular formula is C19H17BrClN3O2. The Bertz CT molecular complexity index is 923. The lowest BCUT2D eigenvalue weighted by Gasteiger charge is -2.05. The Morgan fingerprint density at radius 3 is 2.62 bits per heavy atom. The zero-order valence-corrected chi connectivity index (χ0v) is 16.6. The number of halogens is 2. The van der Waals surface area contributed by atoms with E-state index in [0.717, 1.165) is 10.0 Å². The summed E-state index contributed by atoms with van der Waals surface area (Å²) in [6, 6.07) is 13.3. The lowest BCUT2D eigenvalue weighted by molar-refractivity contribution is 0.102. The maximum absolute atomic E-state index is 12.3. The van der Waals surface area contributed by atoms with Gasteiger partial charge in [0.05, 0.1) is 17.0 Å². The van der Waals surface area contributed by atoms with E-state index in [-0.39, 0.29) is 6.01 Å². The first-order chi connectivity index (χ1) is 12.4. The molecular weight excluding hydrogens is 418 g/mol. The summed E-state index contributed by atoms with van der Waals surface area (Å²) in [6.07, 6.45) is 0.499. The van der Waals surface area contributed by atoms with E-state index in [1.54, 1.807) is 18.2 Å². The van der Waals surface area contributed by atoms with Gasteiger partial charge in [-0.05, 0) is 35.2 Å². The maximum atomic E-state index is 12.3. The van der Waals surface area contributed by atoms with Crippen LogP contribution in [0.25, 0.3) is 0 Å². The van der Waals surface area contributed by atoms with Crippen LogP contribution in [0, 0.1) is 0 Å². The van der Waals surface area contributed by atoms with Gasteiger partial charge in [0.15, 0.2) is 0 Å². The van der Waals surface area contributed by atoms with E-state index >= 15 is 0 Å². The van der Waals surface area contributed by atoms with Crippen molar-refractivity contribution in [1.82, 2.24) is 10.2 Å². The number of anilines is 1. The van der Waals surface area contributed by atoms with E-state index < -0.39 is 5.91 Å². The lowest BCUT2D eigenvalue weighted by Crippen LogP contribution is -2.12.